The zero-order chi connectivity index (χ0) is 14.1. The Hall–Kier alpha value is -1.79. The van der Waals surface area contributed by atoms with Crippen LogP contribution in [0.4, 0.5) is 10.1 Å². The van der Waals surface area contributed by atoms with Crippen LogP contribution in [-0.4, -0.2) is 13.7 Å². The number of hydrogen-bond donors (Lipinski definition) is 1. The van der Waals surface area contributed by atoms with Crippen molar-refractivity contribution in [3.8, 4) is 0 Å². The van der Waals surface area contributed by atoms with Crippen LogP contribution in [0.2, 0.25) is 5.02 Å². The molecule has 3 aromatic rings. The largest absolute Gasteiger partial charge is 0.375 e. The van der Waals surface area contributed by atoms with Crippen molar-refractivity contribution >= 4 is 40.0 Å². The SMILES string of the molecule is CC(Nc1c(Cl)ccc2nsnc12)c1cncc(F)c1. The summed E-state index contributed by atoms with van der Waals surface area (Å²) in [6.07, 6.45) is 2.79. The van der Waals surface area contributed by atoms with Crippen molar-refractivity contribution in [2.45, 2.75) is 13.0 Å². The second-order valence-electron chi connectivity index (χ2n) is 4.36. The Balaban J connectivity index is 1.96. The maximum atomic E-state index is 13.2. The molecule has 20 heavy (non-hydrogen) atoms. The first-order valence-corrected chi connectivity index (χ1v) is 7.04. The van der Waals surface area contributed by atoms with Crippen LogP contribution in [0.15, 0.2) is 30.6 Å². The van der Waals surface area contributed by atoms with Crippen molar-refractivity contribution in [2.24, 2.45) is 0 Å². The zero-order valence-corrected chi connectivity index (χ0v) is 12.0. The van der Waals surface area contributed by atoms with Crippen LogP contribution in [0.5, 0.6) is 0 Å². The van der Waals surface area contributed by atoms with Gasteiger partial charge in [-0.2, -0.15) is 8.75 Å². The monoisotopic (exact) mass is 308 g/mol. The number of aromatic nitrogens is 3. The van der Waals surface area contributed by atoms with Crippen LogP contribution >= 0.6 is 23.3 Å². The average Bonchev–Trinajstić information content (AvgIpc) is 2.90. The molecule has 1 atom stereocenters. The molecule has 1 N–H and O–H groups in total. The van der Waals surface area contributed by atoms with Gasteiger partial charge < -0.3 is 5.32 Å². The maximum Gasteiger partial charge on any atom is 0.141 e. The van der Waals surface area contributed by atoms with Gasteiger partial charge in [-0.05, 0) is 30.7 Å². The Bertz CT molecular complexity index is 761. The Kier molecular flexibility index (Phi) is 3.50. The molecule has 0 radical (unpaired) electrons. The molecule has 0 aliphatic heterocycles. The molecule has 2 aromatic heterocycles. The maximum absolute atomic E-state index is 13.2. The van der Waals surface area contributed by atoms with Crippen LogP contribution in [0.1, 0.15) is 18.5 Å². The minimum absolute atomic E-state index is 0.150. The lowest BCUT2D eigenvalue weighted by molar-refractivity contribution is 0.616. The molecule has 4 nitrogen and oxygen atoms in total. The highest BCUT2D eigenvalue weighted by Crippen LogP contribution is 2.32. The lowest BCUT2D eigenvalue weighted by atomic mass is 10.1. The Morgan fingerprint density at radius 2 is 2.15 bits per heavy atom. The summed E-state index contributed by atoms with van der Waals surface area (Å²) in [6, 6.07) is 4.88. The summed E-state index contributed by atoms with van der Waals surface area (Å²) in [7, 11) is 0. The van der Waals surface area contributed by atoms with Crippen LogP contribution in [0, 0.1) is 5.82 Å². The molecule has 102 valence electrons. The van der Waals surface area contributed by atoms with E-state index in [1.54, 1.807) is 12.3 Å². The van der Waals surface area contributed by atoms with Crippen LogP contribution in [-0.2, 0) is 0 Å². The van der Waals surface area contributed by atoms with Crippen molar-refractivity contribution < 1.29 is 4.39 Å². The van der Waals surface area contributed by atoms with E-state index in [4.69, 9.17) is 11.6 Å². The van der Waals surface area contributed by atoms with Crippen LogP contribution in [0.3, 0.4) is 0 Å². The number of hydrogen-bond acceptors (Lipinski definition) is 5. The van der Waals surface area contributed by atoms with Crippen LogP contribution in [0.25, 0.3) is 11.0 Å². The Morgan fingerprint density at radius 3 is 2.95 bits per heavy atom. The topological polar surface area (TPSA) is 50.7 Å². The first-order valence-electron chi connectivity index (χ1n) is 5.93. The molecule has 7 heteroatoms. The molecule has 0 aliphatic carbocycles. The van der Waals surface area contributed by atoms with E-state index in [2.05, 4.69) is 19.0 Å². The van der Waals surface area contributed by atoms with E-state index in [1.807, 2.05) is 13.0 Å². The van der Waals surface area contributed by atoms with E-state index >= 15 is 0 Å². The lowest BCUT2D eigenvalue weighted by Gasteiger charge is -2.16. The summed E-state index contributed by atoms with van der Waals surface area (Å²) in [5.41, 5.74) is 2.95. The van der Waals surface area contributed by atoms with Crippen molar-refractivity contribution in [2.75, 3.05) is 5.32 Å². The summed E-state index contributed by atoms with van der Waals surface area (Å²) < 4.78 is 21.6. The van der Waals surface area contributed by atoms with E-state index in [9.17, 15) is 4.39 Å². The van der Waals surface area contributed by atoms with Gasteiger partial charge in [0.05, 0.1) is 34.7 Å². The van der Waals surface area contributed by atoms with Crippen molar-refractivity contribution in [3.05, 3.63) is 47.0 Å². The second kappa shape index (κ2) is 5.30. The molecule has 2 heterocycles. The number of halogens is 2. The van der Waals surface area contributed by atoms with Gasteiger partial charge in [-0.1, -0.05) is 11.6 Å². The summed E-state index contributed by atoms with van der Waals surface area (Å²) in [5.74, 6) is -0.365. The number of fused-ring (bicyclic) bond motifs is 1. The first kappa shape index (κ1) is 13.2. The highest BCUT2D eigenvalue weighted by atomic mass is 35.5. The minimum atomic E-state index is -0.365. The fourth-order valence-electron chi connectivity index (χ4n) is 1.93. The van der Waals surface area contributed by atoms with Crippen molar-refractivity contribution in [3.63, 3.8) is 0 Å². The van der Waals surface area contributed by atoms with E-state index < -0.39 is 0 Å². The predicted molar refractivity (Wildman–Crippen MR) is 78.7 cm³/mol. The number of nitrogens with zero attached hydrogens (tertiary/aromatic N) is 3. The first-order chi connectivity index (χ1) is 9.65. The molecule has 0 saturated carbocycles. The van der Waals surface area contributed by atoms with Crippen molar-refractivity contribution in [1.29, 1.82) is 0 Å². The van der Waals surface area contributed by atoms with E-state index in [0.29, 0.717) is 10.7 Å². The van der Waals surface area contributed by atoms with Gasteiger partial charge in [0, 0.05) is 6.20 Å². The summed E-state index contributed by atoms with van der Waals surface area (Å²) in [4.78, 5) is 3.85. The van der Waals surface area contributed by atoms with E-state index in [-0.39, 0.29) is 11.9 Å². The third-order valence-electron chi connectivity index (χ3n) is 2.96. The fraction of sp³-hybridized carbons (Fsp3) is 0.154. The Morgan fingerprint density at radius 1 is 1.30 bits per heavy atom. The summed E-state index contributed by atoms with van der Waals surface area (Å²) >= 11 is 7.34. The molecule has 3 rings (SSSR count). The van der Waals surface area contributed by atoms with E-state index in [0.717, 1.165) is 28.3 Å². The highest BCUT2D eigenvalue weighted by molar-refractivity contribution is 7.00. The van der Waals surface area contributed by atoms with Crippen LogP contribution < -0.4 is 5.32 Å². The Labute approximate surface area is 124 Å². The molecule has 0 amide bonds. The zero-order valence-electron chi connectivity index (χ0n) is 10.5. The molecular weight excluding hydrogens is 299 g/mol. The van der Waals surface area contributed by atoms with Gasteiger partial charge in [-0.25, -0.2) is 4.39 Å². The highest BCUT2D eigenvalue weighted by Gasteiger charge is 2.14. The number of benzene rings is 1. The molecule has 0 aliphatic rings. The fourth-order valence-corrected chi connectivity index (χ4v) is 2.68. The van der Waals surface area contributed by atoms with Gasteiger partial charge in [0.2, 0.25) is 0 Å². The quantitative estimate of drug-likeness (QED) is 0.793. The second-order valence-corrected chi connectivity index (χ2v) is 5.29. The number of nitrogens with one attached hydrogen (secondary N) is 1. The third-order valence-corrected chi connectivity index (χ3v) is 3.82. The number of anilines is 1. The molecule has 0 saturated heterocycles. The van der Waals surface area contributed by atoms with E-state index in [1.165, 1.54) is 12.3 Å². The molecule has 1 aromatic carbocycles. The molecule has 1 unspecified atom stereocenters. The molecule has 0 spiro atoms. The number of rotatable bonds is 3. The molecule has 0 bridgehead atoms. The third kappa shape index (κ3) is 2.44. The average molecular weight is 309 g/mol. The summed E-state index contributed by atoms with van der Waals surface area (Å²) in [6.45, 7) is 1.91. The predicted octanol–water partition coefficient (Wildman–Crippen LogP) is 4.05. The van der Waals surface area contributed by atoms with Gasteiger partial charge in [-0.3, -0.25) is 4.98 Å². The normalized spacial score (nSPS) is 12.6. The lowest BCUT2D eigenvalue weighted by Crippen LogP contribution is -2.08. The van der Waals surface area contributed by atoms with Crippen molar-refractivity contribution in [1.82, 2.24) is 13.7 Å². The van der Waals surface area contributed by atoms with Gasteiger partial charge in [0.15, 0.2) is 0 Å². The van der Waals surface area contributed by atoms with Gasteiger partial charge in [0.25, 0.3) is 0 Å². The molecule has 0 fully saturated rings. The standard InChI is InChI=1S/C13H10ClFN4S/c1-7(8-4-9(15)6-16-5-8)17-12-10(14)2-3-11-13(12)19-20-18-11/h2-7,17H,1H3. The number of pyridine rings is 1. The van der Waals surface area contributed by atoms with Gasteiger partial charge in [-0.15, -0.1) is 0 Å². The summed E-state index contributed by atoms with van der Waals surface area (Å²) in [5, 5.41) is 3.81. The van der Waals surface area contributed by atoms with Gasteiger partial charge >= 0.3 is 0 Å². The molecular formula is C13H10ClFN4S. The minimum Gasteiger partial charge on any atom is -0.375 e. The van der Waals surface area contributed by atoms with Gasteiger partial charge in [0.1, 0.15) is 16.9 Å². The smallest absolute Gasteiger partial charge is 0.141 e.